The highest BCUT2D eigenvalue weighted by molar-refractivity contribution is 5.99. The molecule has 2 N–H and O–H groups in total. The Morgan fingerprint density at radius 1 is 1.42 bits per heavy atom. The topological polar surface area (TPSA) is 69.6 Å². The SMILES string of the molecule is CN1CC2CNC(=O)c3cc(C(=O)O)ccc3C2C1. The Bertz CT molecular complexity index is 556. The highest BCUT2D eigenvalue weighted by Crippen LogP contribution is 2.35. The molecule has 0 aliphatic carbocycles. The summed E-state index contributed by atoms with van der Waals surface area (Å²) in [6, 6.07) is 4.89. The van der Waals surface area contributed by atoms with E-state index in [4.69, 9.17) is 5.11 Å². The standard InChI is InChI=1S/C14H16N2O3/c1-16-6-9-5-15-13(17)11-4-8(14(18)19)2-3-10(11)12(9)7-16/h2-4,9,12H,5-7H2,1H3,(H,15,17)(H,18,19). The van der Waals surface area contributed by atoms with E-state index < -0.39 is 5.97 Å². The minimum Gasteiger partial charge on any atom is -0.478 e. The molecule has 2 aliphatic heterocycles. The van der Waals surface area contributed by atoms with E-state index in [1.165, 1.54) is 6.07 Å². The van der Waals surface area contributed by atoms with Crippen molar-refractivity contribution >= 4 is 11.9 Å². The number of fused-ring (bicyclic) bond motifs is 3. The molecule has 1 amide bonds. The van der Waals surface area contributed by atoms with Crippen molar-refractivity contribution in [1.29, 1.82) is 0 Å². The minimum atomic E-state index is -1.00. The van der Waals surface area contributed by atoms with Crippen molar-refractivity contribution in [2.45, 2.75) is 5.92 Å². The van der Waals surface area contributed by atoms with Crippen LogP contribution in [0.5, 0.6) is 0 Å². The molecule has 2 unspecified atom stereocenters. The lowest BCUT2D eigenvalue weighted by Crippen LogP contribution is -2.29. The van der Waals surface area contributed by atoms with Crippen molar-refractivity contribution in [3.8, 4) is 0 Å². The van der Waals surface area contributed by atoms with Crippen LogP contribution in [0.15, 0.2) is 18.2 Å². The smallest absolute Gasteiger partial charge is 0.335 e. The van der Waals surface area contributed by atoms with Gasteiger partial charge in [-0.2, -0.15) is 0 Å². The number of hydrogen-bond acceptors (Lipinski definition) is 3. The van der Waals surface area contributed by atoms with E-state index in [1.54, 1.807) is 12.1 Å². The van der Waals surface area contributed by atoms with E-state index in [1.807, 2.05) is 0 Å². The van der Waals surface area contributed by atoms with Gasteiger partial charge in [-0.15, -0.1) is 0 Å². The van der Waals surface area contributed by atoms with Crippen LogP contribution in [0.1, 0.15) is 32.2 Å². The number of hydrogen-bond donors (Lipinski definition) is 2. The number of carbonyl (C=O) groups is 2. The van der Waals surface area contributed by atoms with Crippen LogP contribution in [0.4, 0.5) is 0 Å². The fraction of sp³-hybridized carbons (Fsp3) is 0.429. The predicted octanol–water partition coefficient (Wildman–Crippen LogP) is 0.773. The van der Waals surface area contributed by atoms with Gasteiger partial charge in [0.25, 0.3) is 5.91 Å². The first-order valence-electron chi connectivity index (χ1n) is 6.40. The van der Waals surface area contributed by atoms with Gasteiger partial charge >= 0.3 is 5.97 Å². The third-order valence-electron chi connectivity index (χ3n) is 4.09. The Hall–Kier alpha value is -1.88. The number of carboxylic acid groups (broad SMARTS) is 1. The van der Waals surface area contributed by atoms with Crippen molar-refractivity contribution in [2.75, 3.05) is 26.7 Å². The third kappa shape index (κ3) is 2.00. The molecule has 2 heterocycles. The number of aromatic carboxylic acids is 1. The van der Waals surface area contributed by atoms with Crippen molar-refractivity contribution < 1.29 is 14.7 Å². The zero-order valence-corrected chi connectivity index (χ0v) is 10.7. The number of amides is 1. The van der Waals surface area contributed by atoms with E-state index in [0.29, 0.717) is 23.9 Å². The molecule has 1 aromatic carbocycles. The first-order chi connectivity index (χ1) is 9.06. The summed E-state index contributed by atoms with van der Waals surface area (Å²) in [5.41, 5.74) is 1.66. The van der Waals surface area contributed by atoms with Gasteiger partial charge in [0.05, 0.1) is 5.56 Å². The van der Waals surface area contributed by atoms with Gasteiger partial charge in [0.1, 0.15) is 0 Å². The van der Waals surface area contributed by atoms with Gasteiger partial charge in [0, 0.05) is 31.1 Å². The lowest BCUT2D eigenvalue weighted by molar-refractivity contribution is 0.0697. The normalized spacial score (nSPS) is 26.3. The number of carboxylic acids is 1. The number of rotatable bonds is 1. The van der Waals surface area contributed by atoms with Gasteiger partial charge < -0.3 is 15.3 Å². The van der Waals surface area contributed by atoms with Crippen molar-refractivity contribution in [1.82, 2.24) is 10.2 Å². The largest absolute Gasteiger partial charge is 0.478 e. The van der Waals surface area contributed by atoms with Crippen LogP contribution in [0.25, 0.3) is 0 Å². The monoisotopic (exact) mass is 260 g/mol. The number of benzene rings is 1. The molecule has 1 aromatic rings. The van der Waals surface area contributed by atoms with Gasteiger partial charge in [0.15, 0.2) is 0 Å². The minimum absolute atomic E-state index is 0.157. The molecule has 0 aromatic heterocycles. The first-order valence-corrected chi connectivity index (χ1v) is 6.40. The predicted molar refractivity (Wildman–Crippen MR) is 69.5 cm³/mol. The summed E-state index contributed by atoms with van der Waals surface area (Å²) in [6.07, 6.45) is 0. The molecule has 3 rings (SSSR count). The van der Waals surface area contributed by atoms with E-state index in [2.05, 4.69) is 17.3 Å². The second-order valence-corrected chi connectivity index (χ2v) is 5.40. The third-order valence-corrected chi connectivity index (χ3v) is 4.09. The van der Waals surface area contributed by atoms with Crippen molar-refractivity contribution in [3.05, 3.63) is 34.9 Å². The van der Waals surface area contributed by atoms with Gasteiger partial charge in [-0.25, -0.2) is 4.79 Å². The number of nitrogens with one attached hydrogen (secondary N) is 1. The Kier molecular flexibility index (Phi) is 2.78. The van der Waals surface area contributed by atoms with Gasteiger partial charge in [0.2, 0.25) is 0 Å². The summed E-state index contributed by atoms with van der Waals surface area (Å²) in [6.45, 7) is 2.54. The van der Waals surface area contributed by atoms with Gasteiger partial charge in [-0.3, -0.25) is 4.79 Å². The van der Waals surface area contributed by atoms with Crippen molar-refractivity contribution in [3.63, 3.8) is 0 Å². The zero-order chi connectivity index (χ0) is 13.6. The quantitative estimate of drug-likeness (QED) is 0.782. The van der Waals surface area contributed by atoms with Crippen LogP contribution >= 0.6 is 0 Å². The summed E-state index contributed by atoms with van der Waals surface area (Å²) >= 11 is 0. The lowest BCUT2D eigenvalue weighted by atomic mass is 9.86. The van der Waals surface area contributed by atoms with E-state index in [0.717, 1.165) is 18.7 Å². The van der Waals surface area contributed by atoms with Crippen LogP contribution in [-0.4, -0.2) is 48.6 Å². The molecular weight excluding hydrogens is 244 g/mol. The maximum atomic E-state index is 12.1. The van der Waals surface area contributed by atoms with Crippen LogP contribution < -0.4 is 5.32 Å². The Morgan fingerprint density at radius 2 is 2.21 bits per heavy atom. The molecule has 0 radical (unpaired) electrons. The highest BCUT2D eigenvalue weighted by Gasteiger charge is 2.36. The molecule has 2 aliphatic rings. The Labute approximate surface area is 111 Å². The van der Waals surface area contributed by atoms with Crippen LogP contribution in [-0.2, 0) is 0 Å². The number of carbonyl (C=O) groups excluding carboxylic acids is 1. The number of nitrogens with zero attached hydrogens (tertiary/aromatic N) is 1. The summed E-state index contributed by atoms with van der Waals surface area (Å²) in [7, 11) is 2.07. The molecule has 19 heavy (non-hydrogen) atoms. The second kappa shape index (κ2) is 4.35. The van der Waals surface area contributed by atoms with E-state index in [-0.39, 0.29) is 11.5 Å². The highest BCUT2D eigenvalue weighted by atomic mass is 16.4. The second-order valence-electron chi connectivity index (χ2n) is 5.40. The maximum absolute atomic E-state index is 12.1. The molecule has 5 nitrogen and oxygen atoms in total. The molecule has 100 valence electrons. The fourth-order valence-corrected chi connectivity index (χ4v) is 3.17. The summed E-state index contributed by atoms with van der Waals surface area (Å²) < 4.78 is 0. The van der Waals surface area contributed by atoms with Crippen LogP contribution in [0.2, 0.25) is 0 Å². The van der Waals surface area contributed by atoms with Crippen molar-refractivity contribution in [2.24, 2.45) is 5.92 Å². The van der Waals surface area contributed by atoms with Gasteiger partial charge in [-0.1, -0.05) is 6.07 Å². The van der Waals surface area contributed by atoms with E-state index in [9.17, 15) is 9.59 Å². The summed E-state index contributed by atoms with van der Waals surface area (Å²) in [4.78, 5) is 25.3. The number of likely N-dealkylation sites (tertiary alicyclic amines) is 1. The molecule has 0 saturated carbocycles. The average Bonchev–Trinajstić information content (AvgIpc) is 2.70. The molecule has 5 heteroatoms. The van der Waals surface area contributed by atoms with Crippen LogP contribution in [0.3, 0.4) is 0 Å². The molecule has 2 atom stereocenters. The molecule has 0 bridgehead atoms. The lowest BCUT2D eigenvalue weighted by Gasteiger charge is -2.16. The average molecular weight is 260 g/mol. The zero-order valence-electron chi connectivity index (χ0n) is 10.7. The molecule has 1 fully saturated rings. The fourth-order valence-electron chi connectivity index (χ4n) is 3.17. The Morgan fingerprint density at radius 3 is 2.95 bits per heavy atom. The van der Waals surface area contributed by atoms with Crippen LogP contribution in [0, 0.1) is 5.92 Å². The Balaban J connectivity index is 2.08. The molecular formula is C14H16N2O3. The summed E-state index contributed by atoms with van der Waals surface area (Å²) in [5.74, 6) is -0.442. The van der Waals surface area contributed by atoms with Gasteiger partial charge in [-0.05, 0) is 30.7 Å². The summed E-state index contributed by atoms with van der Waals surface area (Å²) in [5, 5.41) is 11.9. The van der Waals surface area contributed by atoms with E-state index >= 15 is 0 Å². The molecule has 0 spiro atoms. The number of likely N-dealkylation sites (N-methyl/N-ethyl adjacent to an activating group) is 1. The maximum Gasteiger partial charge on any atom is 0.335 e. The first kappa shape index (κ1) is 12.2. The molecule has 1 saturated heterocycles.